The van der Waals surface area contributed by atoms with Crippen LogP contribution < -0.4 is 5.32 Å². The molecule has 1 heterocycles. The van der Waals surface area contributed by atoms with E-state index >= 15 is 0 Å². The molecule has 1 N–H and O–H groups in total. The minimum absolute atomic E-state index is 0.00151. The predicted molar refractivity (Wildman–Crippen MR) is 132 cm³/mol. The van der Waals surface area contributed by atoms with E-state index < -0.39 is 6.04 Å². The van der Waals surface area contributed by atoms with E-state index in [-0.39, 0.29) is 5.91 Å². The summed E-state index contributed by atoms with van der Waals surface area (Å²) in [5, 5.41) is 10.4. The number of carbonyl (C=O) groups is 1. The Labute approximate surface area is 193 Å². The molecule has 2 aromatic carbocycles. The van der Waals surface area contributed by atoms with Crippen LogP contribution >= 0.6 is 23.4 Å². The van der Waals surface area contributed by atoms with Crippen molar-refractivity contribution in [3.05, 3.63) is 53.6 Å². The van der Waals surface area contributed by atoms with E-state index in [4.69, 9.17) is 16.7 Å². The molecule has 1 aromatic heterocycles. The molecule has 1 saturated carbocycles. The van der Waals surface area contributed by atoms with E-state index in [9.17, 15) is 4.79 Å². The molecule has 3 aromatic rings. The number of aromatic nitrogens is 2. The lowest BCUT2D eigenvalue weighted by molar-refractivity contribution is -0.124. The summed E-state index contributed by atoms with van der Waals surface area (Å²) < 4.78 is 1.82. The summed E-state index contributed by atoms with van der Waals surface area (Å²) in [6.45, 7) is 2.61. The first kappa shape index (κ1) is 22.2. The third-order valence-corrected chi connectivity index (χ3v) is 7.69. The average Bonchev–Trinajstić information content (AvgIpc) is 3.18. The van der Waals surface area contributed by atoms with Crippen LogP contribution in [0, 0.1) is 0 Å². The summed E-state index contributed by atoms with van der Waals surface area (Å²) >= 11 is 8.34. The molecule has 1 aliphatic carbocycles. The van der Waals surface area contributed by atoms with Crippen LogP contribution in [0.15, 0.2) is 48.5 Å². The summed E-state index contributed by atoms with van der Waals surface area (Å²) in [4.78, 5) is 12.9. The lowest BCUT2D eigenvalue weighted by Crippen LogP contribution is -2.32. The van der Waals surface area contributed by atoms with E-state index in [0.717, 1.165) is 39.6 Å². The lowest BCUT2D eigenvalue weighted by Gasteiger charge is -2.21. The molecule has 4 nitrogen and oxygen atoms in total. The molecule has 1 atom stereocenters. The zero-order chi connectivity index (χ0) is 21.6. The van der Waals surface area contributed by atoms with Crippen molar-refractivity contribution in [3.63, 3.8) is 0 Å². The van der Waals surface area contributed by atoms with Gasteiger partial charge in [-0.1, -0.05) is 61.2 Å². The van der Waals surface area contributed by atoms with Gasteiger partial charge in [-0.05, 0) is 50.1 Å². The van der Waals surface area contributed by atoms with E-state index in [2.05, 4.69) is 17.1 Å². The van der Waals surface area contributed by atoms with Crippen LogP contribution in [0.5, 0.6) is 0 Å². The van der Waals surface area contributed by atoms with Crippen molar-refractivity contribution in [1.29, 1.82) is 0 Å². The molecule has 0 spiro atoms. The van der Waals surface area contributed by atoms with Gasteiger partial charge in [-0.3, -0.25) is 9.48 Å². The van der Waals surface area contributed by atoms with Gasteiger partial charge in [0.25, 0.3) is 0 Å². The molecule has 1 aliphatic rings. The Morgan fingerprint density at radius 3 is 2.74 bits per heavy atom. The highest BCUT2D eigenvalue weighted by Crippen LogP contribution is 2.32. The molecule has 0 saturated heterocycles. The molecule has 31 heavy (non-hydrogen) atoms. The third kappa shape index (κ3) is 5.45. The minimum atomic E-state index is -0.396. The van der Waals surface area contributed by atoms with E-state index in [1.807, 2.05) is 60.1 Å². The molecule has 4 rings (SSSR count). The van der Waals surface area contributed by atoms with Crippen molar-refractivity contribution in [1.82, 2.24) is 15.1 Å². The maximum atomic E-state index is 12.9. The van der Waals surface area contributed by atoms with Gasteiger partial charge in [-0.25, -0.2) is 0 Å². The summed E-state index contributed by atoms with van der Waals surface area (Å²) in [6, 6.07) is 15.4. The maximum Gasteiger partial charge on any atom is 0.244 e. The Balaban J connectivity index is 1.41. The van der Waals surface area contributed by atoms with Crippen molar-refractivity contribution >= 4 is 40.2 Å². The van der Waals surface area contributed by atoms with Crippen LogP contribution in [-0.4, -0.2) is 33.2 Å². The fourth-order valence-electron chi connectivity index (χ4n) is 4.24. The standard InChI is InChI=1S/C25H30ClN3OS/c1-18(25(30)27-15-8-16-31-21-11-6-3-7-12-21)29-23-14-13-20(26)17-22(23)24(28-29)19-9-4-2-5-10-19/h2,4-5,9-10,13-14,17-18,21H,3,6-8,11-12,15-16H2,1H3,(H,27,30)/t18-/m1/s1. The largest absolute Gasteiger partial charge is 0.354 e. The van der Waals surface area contributed by atoms with Gasteiger partial charge in [-0.15, -0.1) is 0 Å². The van der Waals surface area contributed by atoms with Gasteiger partial charge in [0.05, 0.1) is 5.52 Å². The fraction of sp³-hybridized carbons (Fsp3) is 0.440. The Morgan fingerprint density at radius 1 is 1.19 bits per heavy atom. The summed E-state index contributed by atoms with van der Waals surface area (Å²) in [5.74, 6) is 1.11. The summed E-state index contributed by atoms with van der Waals surface area (Å²) in [7, 11) is 0. The second-order valence-corrected chi connectivity index (χ2v) is 10.1. The highest BCUT2D eigenvalue weighted by molar-refractivity contribution is 7.99. The van der Waals surface area contributed by atoms with Crippen LogP contribution in [0.4, 0.5) is 0 Å². The van der Waals surface area contributed by atoms with Gasteiger partial charge in [0, 0.05) is 27.8 Å². The van der Waals surface area contributed by atoms with Crippen molar-refractivity contribution in [2.24, 2.45) is 0 Å². The first-order chi connectivity index (χ1) is 15.1. The maximum absolute atomic E-state index is 12.9. The molecule has 0 bridgehead atoms. The number of rotatable bonds is 8. The second kappa shape index (κ2) is 10.6. The molecule has 1 amide bonds. The van der Waals surface area contributed by atoms with Gasteiger partial charge >= 0.3 is 0 Å². The lowest BCUT2D eigenvalue weighted by atomic mass is 10.0. The number of nitrogens with one attached hydrogen (secondary N) is 1. The molecule has 0 aliphatic heterocycles. The van der Waals surface area contributed by atoms with Crippen LogP contribution in [0.25, 0.3) is 22.2 Å². The third-order valence-electron chi connectivity index (χ3n) is 5.99. The Morgan fingerprint density at radius 2 is 1.97 bits per heavy atom. The van der Waals surface area contributed by atoms with Gasteiger partial charge < -0.3 is 5.32 Å². The number of nitrogens with zero attached hydrogens (tertiary/aromatic N) is 2. The van der Waals surface area contributed by atoms with Crippen molar-refractivity contribution < 1.29 is 4.79 Å². The SMILES string of the molecule is C[C@H](C(=O)NCCCSC1CCCCC1)n1nc(-c2ccccc2)c2cc(Cl)ccc21. The van der Waals surface area contributed by atoms with E-state index in [1.54, 1.807) is 0 Å². The van der Waals surface area contributed by atoms with Crippen molar-refractivity contribution in [3.8, 4) is 11.3 Å². The first-order valence-corrected chi connectivity index (χ1v) is 12.7. The highest BCUT2D eigenvalue weighted by Gasteiger charge is 2.21. The average molecular weight is 456 g/mol. The summed E-state index contributed by atoms with van der Waals surface area (Å²) in [5.41, 5.74) is 2.78. The van der Waals surface area contributed by atoms with Crippen LogP contribution in [0.1, 0.15) is 51.5 Å². The fourth-order valence-corrected chi connectivity index (χ4v) is 5.73. The number of thioether (sulfide) groups is 1. The smallest absolute Gasteiger partial charge is 0.244 e. The number of hydrogen-bond donors (Lipinski definition) is 1. The van der Waals surface area contributed by atoms with Crippen molar-refractivity contribution in [2.45, 2.75) is 56.7 Å². The first-order valence-electron chi connectivity index (χ1n) is 11.3. The van der Waals surface area contributed by atoms with E-state index in [0.29, 0.717) is 11.6 Å². The van der Waals surface area contributed by atoms with Gasteiger partial charge in [0.1, 0.15) is 11.7 Å². The number of carbonyl (C=O) groups excluding carboxylic acids is 1. The normalized spacial score (nSPS) is 15.8. The molecule has 6 heteroatoms. The highest BCUT2D eigenvalue weighted by atomic mass is 35.5. The molecule has 0 radical (unpaired) electrons. The molecule has 0 unspecified atom stereocenters. The Hall–Kier alpha value is -1.98. The van der Waals surface area contributed by atoms with Crippen LogP contribution in [0.2, 0.25) is 5.02 Å². The Kier molecular flexibility index (Phi) is 7.57. The molecular formula is C25H30ClN3OS. The van der Waals surface area contributed by atoms with Gasteiger partial charge in [0.15, 0.2) is 0 Å². The van der Waals surface area contributed by atoms with E-state index in [1.165, 1.54) is 32.1 Å². The van der Waals surface area contributed by atoms with Gasteiger partial charge in [-0.2, -0.15) is 16.9 Å². The molecule has 1 fully saturated rings. The topological polar surface area (TPSA) is 46.9 Å². The molecular weight excluding hydrogens is 426 g/mol. The monoisotopic (exact) mass is 455 g/mol. The number of hydrogen-bond acceptors (Lipinski definition) is 3. The van der Waals surface area contributed by atoms with Crippen LogP contribution in [0.3, 0.4) is 0 Å². The zero-order valence-electron chi connectivity index (χ0n) is 18.0. The number of amides is 1. The second-order valence-electron chi connectivity index (χ2n) is 8.27. The van der Waals surface area contributed by atoms with Gasteiger partial charge in [0.2, 0.25) is 5.91 Å². The van der Waals surface area contributed by atoms with Crippen molar-refractivity contribution in [2.75, 3.05) is 12.3 Å². The number of halogens is 1. The minimum Gasteiger partial charge on any atom is -0.354 e. The zero-order valence-corrected chi connectivity index (χ0v) is 19.6. The number of benzene rings is 2. The quantitative estimate of drug-likeness (QED) is 0.395. The van der Waals surface area contributed by atoms with Crippen LogP contribution in [-0.2, 0) is 4.79 Å². The molecule has 164 valence electrons. The summed E-state index contributed by atoms with van der Waals surface area (Å²) in [6.07, 6.45) is 7.86. The predicted octanol–water partition coefficient (Wildman–Crippen LogP) is 6.49. The number of fused-ring (bicyclic) bond motifs is 1. The Bertz CT molecular complexity index is 1010.